The largest absolute Gasteiger partial charge is 0.333 e. The minimum absolute atomic E-state index is 0.247. The second-order valence-corrected chi connectivity index (χ2v) is 14.1. The molecule has 2 heteroatoms. The normalized spacial score (nSPS) is 14.0. The van der Waals surface area contributed by atoms with E-state index in [0.29, 0.717) is 0 Å². The number of allylic oxidation sites excluding steroid dienone is 1. The van der Waals surface area contributed by atoms with Crippen molar-refractivity contribution in [2.75, 3.05) is 4.90 Å². The molecule has 0 amide bonds. The number of fused-ring (bicyclic) bond motifs is 12. The number of anilines is 2. The summed E-state index contributed by atoms with van der Waals surface area (Å²) >= 11 is 0. The highest BCUT2D eigenvalue weighted by atomic mass is 15.2. The summed E-state index contributed by atoms with van der Waals surface area (Å²) in [5, 5.41) is 9.14. The predicted octanol–water partition coefficient (Wildman–Crippen LogP) is 14.6. The summed E-state index contributed by atoms with van der Waals surface area (Å²) in [6.45, 7) is 9.25. The first-order valence-electron chi connectivity index (χ1n) is 19.5. The quantitative estimate of drug-likeness (QED) is 0.131. The van der Waals surface area contributed by atoms with Gasteiger partial charge in [-0.1, -0.05) is 147 Å². The minimum Gasteiger partial charge on any atom is -0.333 e. The Morgan fingerprint density at radius 1 is 0.527 bits per heavy atom. The molecule has 55 heavy (non-hydrogen) atoms. The van der Waals surface area contributed by atoms with E-state index < -0.39 is 0 Å². The Hall–Kier alpha value is -6.64. The van der Waals surface area contributed by atoms with E-state index in [1.165, 1.54) is 93.8 Å². The molecule has 8 aromatic carbocycles. The smallest absolute Gasteiger partial charge is 0.0640 e. The molecule has 9 aromatic rings. The minimum atomic E-state index is 0.247. The zero-order valence-corrected chi connectivity index (χ0v) is 31.7. The van der Waals surface area contributed by atoms with Gasteiger partial charge in [-0.3, -0.25) is 0 Å². The molecule has 1 unspecified atom stereocenters. The van der Waals surface area contributed by atoms with E-state index in [-0.39, 0.29) is 6.04 Å². The molecule has 0 bridgehead atoms. The zero-order chi connectivity index (χ0) is 37.5. The number of nitrogens with zero attached hydrogens (tertiary/aromatic N) is 2. The van der Waals surface area contributed by atoms with Gasteiger partial charge < -0.3 is 9.47 Å². The van der Waals surface area contributed by atoms with Crippen LogP contribution in [0.3, 0.4) is 0 Å². The van der Waals surface area contributed by atoms with Gasteiger partial charge in [-0.05, 0) is 110 Å². The molecule has 0 saturated heterocycles. The van der Waals surface area contributed by atoms with E-state index in [1.54, 1.807) is 6.08 Å². The third-order valence-electron chi connectivity index (χ3n) is 11.1. The topological polar surface area (TPSA) is 8.17 Å². The Bertz CT molecular complexity index is 2870. The Morgan fingerprint density at radius 3 is 1.78 bits per heavy atom. The standard InChI is InChI=1S/C48H32N2.C3H6.C2H6/c1-2-14-33(15-3-1)49-45-23-10-8-21-40(45)43-30-48-44(29-47(43)49)41-22-9-11-24-46(41)50(48)34-16-12-13-31(27-34)32-25-26-39-37-19-5-4-17-35(37)36-18-6-7-20-38(36)42(39)28-32;1-3-2;1-2/h1-28,30,47H,29H2;3H,1H2,2H3;1-2H3. The van der Waals surface area contributed by atoms with Gasteiger partial charge in [0.15, 0.2) is 0 Å². The van der Waals surface area contributed by atoms with Crippen molar-refractivity contribution in [2.45, 2.75) is 33.2 Å². The van der Waals surface area contributed by atoms with Crippen LogP contribution in [0.4, 0.5) is 11.4 Å². The summed E-state index contributed by atoms with van der Waals surface area (Å²) in [5.41, 5.74) is 12.8. The molecule has 0 radical (unpaired) electrons. The molecule has 1 atom stereocenters. The van der Waals surface area contributed by atoms with E-state index in [0.717, 1.165) is 6.42 Å². The molecule has 0 spiro atoms. The summed E-state index contributed by atoms with van der Waals surface area (Å²) < 4.78 is 2.50. The van der Waals surface area contributed by atoms with Gasteiger partial charge >= 0.3 is 0 Å². The number of rotatable bonds is 3. The number of hydrogen-bond acceptors (Lipinski definition) is 1. The molecule has 2 nitrogen and oxygen atoms in total. The van der Waals surface area contributed by atoms with Crippen LogP contribution in [-0.4, -0.2) is 10.6 Å². The van der Waals surface area contributed by atoms with Crippen LogP contribution in [0.15, 0.2) is 183 Å². The molecule has 2 aliphatic rings. The lowest BCUT2D eigenvalue weighted by Gasteiger charge is -2.30. The second kappa shape index (κ2) is 14.3. The Kier molecular flexibility index (Phi) is 8.88. The van der Waals surface area contributed by atoms with Gasteiger partial charge in [0.05, 0.1) is 17.3 Å². The molecule has 11 rings (SSSR count). The fourth-order valence-electron chi connectivity index (χ4n) is 8.92. The van der Waals surface area contributed by atoms with Gasteiger partial charge in [0.2, 0.25) is 0 Å². The van der Waals surface area contributed by atoms with E-state index in [2.05, 4.69) is 192 Å². The van der Waals surface area contributed by atoms with Gasteiger partial charge in [-0.15, -0.1) is 6.58 Å². The van der Waals surface area contributed by atoms with Gasteiger partial charge in [-0.25, -0.2) is 0 Å². The molecule has 266 valence electrons. The van der Waals surface area contributed by atoms with Crippen LogP contribution in [-0.2, 0) is 6.42 Å². The van der Waals surface area contributed by atoms with Crippen molar-refractivity contribution in [3.05, 3.63) is 199 Å². The Balaban J connectivity index is 0.000000760. The molecule has 1 aromatic heterocycles. The molecular weight excluding hydrogens is 665 g/mol. The first-order chi connectivity index (χ1) is 27.2. The first-order valence-corrected chi connectivity index (χ1v) is 19.5. The second-order valence-electron chi connectivity index (χ2n) is 14.1. The highest BCUT2D eigenvalue weighted by Crippen LogP contribution is 2.50. The lowest BCUT2D eigenvalue weighted by atomic mass is 9.89. The van der Waals surface area contributed by atoms with Crippen LogP contribution >= 0.6 is 0 Å². The molecule has 0 fully saturated rings. The molecule has 1 aliphatic heterocycles. The number of hydrogen-bond donors (Lipinski definition) is 0. The summed E-state index contributed by atoms with van der Waals surface area (Å²) in [7, 11) is 0. The van der Waals surface area contributed by atoms with Gasteiger partial charge in [-0.2, -0.15) is 0 Å². The van der Waals surface area contributed by atoms with E-state index in [4.69, 9.17) is 0 Å². The van der Waals surface area contributed by atoms with Crippen LogP contribution in [0, 0.1) is 0 Å². The Labute approximate surface area is 323 Å². The monoisotopic (exact) mass is 708 g/mol. The van der Waals surface area contributed by atoms with Crippen molar-refractivity contribution < 1.29 is 0 Å². The van der Waals surface area contributed by atoms with Crippen LogP contribution in [0.5, 0.6) is 0 Å². The Morgan fingerprint density at radius 2 is 1.07 bits per heavy atom. The summed E-state index contributed by atoms with van der Waals surface area (Å²) in [6.07, 6.45) is 5.18. The van der Waals surface area contributed by atoms with Crippen molar-refractivity contribution in [3.8, 4) is 16.8 Å². The highest BCUT2D eigenvalue weighted by molar-refractivity contribution is 6.25. The maximum absolute atomic E-state index is 3.36. The van der Waals surface area contributed by atoms with Gasteiger partial charge in [0, 0.05) is 34.4 Å². The van der Waals surface area contributed by atoms with E-state index in [1.807, 2.05) is 20.8 Å². The predicted molar refractivity (Wildman–Crippen MR) is 239 cm³/mol. The zero-order valence-electron chi connectivity index (χ0n) is 31.7. The van der Waals surface area contributed by atoms with Crippen molar-refractivity contribution in [1.82, 2.24) is 4.57 Å². The average molecular weight is 709 g/mol. The number of benzene rings is 8. The van der Waals surface area contributed by atoms with Crippen LogP contribution in [0.1, 0.15) is 37.6 Å². The lowest BCUT2D eigenvalue weighted by Crippen LogP contribution is -2.30. The van der Waals surface area contributed by atoms with E-state index >= 15 is 0 Å². The van der Waals surface area contributed by atoms with Crippen molar-refractivity contribution in [2.24, 2.45) is 0 Å². The molecule has 1 aliphatic carbocycles. The average Bonchev–Trinajstić information content (AvgIpc) is 3.76. The van der Waals surface area contributed by atoms with Crippen LogP contribution in [0.2, 0.25) is 0 Å². The van der Waals surface area contributed by atoms with Crippen molar-refractivity contribution >= 4 is 66.2 Å². The molecular formula is C53H44N2. The summed E-state index contributed by atoms with van der Waals surface area (Å²) in [4.78, 5) is 2.55. The first kappa shape index (κ1) is 34.1. The van der Waals surface area contributed by atoms with Crippen molar-refractivity contribution in [3.63, 3.8) is 0 Å². The molecule has 2 heterocycles. The summed E-state index contributed by atoms with van der Waals surface area (Å²) in [6, 6.07) is 62.7. The van der Waals surface area contributed by atoms with Crippen LogP contribution in [0.25, 0.3) is 71.7 Å². The van der Waals surface area contributed by atoms with Gasteiger partial charge in [0.25, 0.3) is 0 Å². The van der Waals surface area contributed by atoms with Gasteiger partial charge in [0.1, 0.15) is 0 Å². The third kappa shape index (κ3) is 5.56. The third-order valence-corrected chi connectivity index (χ3v) is 11.1. The van der Waals surface area contributed by atoms with Crippen molar-refractivity contribution in [1.29, 1.82) is 0 Å². The molecule has 0 N–H and O–H groups in total. The number of aromatic nitrogens is 1. The SMILES string of the molecule is C1=C2c3ccccc3N(c3ccccc3)C2Cc2c1n(-c1cccc(-c3ccc4c5ccccc5c5ccccc5c4c3)c1)c1ccccc21.C=CC.CC. The number of para-hydroxylation sites is 3. The lowest BCUT2D eigenvalue weighted by molar-refractivity contribution is 0.806. The van der Waals surface area contributed by atoms with Crippen LogP contribution < -0.4 is 4.90 Å². The highest BCUT2D eigenvalue weighted by Gasteiger charge is 2.39. The fraction of sp³-hybridized carbons (Fsp3) is 0.0943. The maximum Gasteiger partial charge on any atom is 0.0640 e. The summed E-state index contributed by atoms with van der Waals surface area (Å²) in [5.74, 6) is 0. The fourth-order valence-corrected chi connectivity index (χ4v) is 8.92. The van der Waals surface area contributed by atoms with E-state index in [9.17, 15) is 0 Å². The molecule has 0 saturated carbocycles. The maximum atomic E-state index is 3.36.